The van der Waals surface area contributed by atoms with Crippen molar-refractivity contribution in [1.82, 2.24) is 25.1 Å². The number of aryl methyl sites for hydroxylation is 1. The molecule has 1 aromatic heterocycles. The molecule has 0 bridgehead atoms. The van der Waals surface area contributed by atoms with E-state index < -0.39 is 0 Å². The Balaban J connectivity index is 1.61. The summed E-state index contributed by atoms with van der Waals surface area (Å²) in [7, 11) is 5.30. The second-order valence-electron chi connectivity index (χ2n) is 8.10. The molecule has 0 saturated heterocycles. The number of nitrogens with zero attached hydrogens (tertiary/aromatic N) is 4. The summed E-state index contributed by atoms with van der Waals surface area (Å²) in [5, 5.41) is 6.52. The molecule has 1 aliphatic carbocycles. The number of nitrogens with one attached hydrogen (secondary N) is 2. The van der Waals surface area contributed by atoms with Crippen molar-refractivity contribution in [1.29, 1.82) is 0 Å². The van der Waals surface area contributed by atoms with E-state index in [1.807, 2.05) is 13.0 Å². The molecule has 1 fully saturated rings. The predicted octanol–water partition coefficient (Wildman–Crippen LogP) is 2.63. The standard InChI is InChI=1S/C22H31FN6O/c1-16-25-11-12-29(16)19-8-7-17(13-18(19)23)14-26-21(24-2)27-15-22(9-5-6-10-22)20(30)28(3)4/h7-8,11-13H,5-6,9-10,14-15H2,1-4H3,(H2,24,26,27). The van der Waals surface area contributed by atoms with Gasteiger partial charge in [-0.05, 0) is 37.5 Å². The van der Waals surface area contributed by atoms with Gasteiger partial charge in [-0.2, -0.15) is 0 Å². The third kappa shape index (κ3) is 4.63. The minimum absolute atomic E-state index is 0.162. The van der Waals surface area contributed by atoms with Crippen molar-refractivity contribution in [2.24, 2.45) is 10.4 Å². The maximum Gasteiger partial charge on any atom is 0.230 e. The molecule has 0 spiro atoms. The fraction of sp³-hybridized carbons (Fsp3) is 0.500. The van der Waals surface area contributed by atoms with Gasteiger partial charge in [0.2, 0.25) is 5.91 Å². The molecule has 1 aromatic carbocycles. The highest BCUT2D eigenvalue weighted by atomic mass is 19.1. The Morgan fingerprint density at radius 3 is 2.60 bits per heavy atom. The van der Waals surface area contributed by atoms with E-state index in [1.165, 1.54) is 6.07 Å². The summed E-state index contributed by atoms with van der Waals surface area (Å²) >= 11 is 0. The maximum absolute atomic E-state index is 14.6. The lowest BCUT2D eigenvalue weighted by Crippen LogP contribution is -2.49. The van der Waals surface area contributed by atoms with Crippen LogP contribution < -0.4 is 10.6 Å². The molecule has 1 aliphatic rings. The number of carbonyl (C=O) groups excluding carboxylic acids is 1. The van der Waals surface area contributed by atoms with E-state index in [0.29, 0.717) is 24.7 Å². The van der Waals surface area contributed by atoms with Gasteiger partial charge >= 0.3 is 0 Å². The highest BCUT2D eigenvalue weighted by molar-refractivity contribution is 5.85. The zero-order valence-corrected chi connectivity index (χ0v) is 18.2. The van der Waals surface area contributed by atoms with E-state index in [1.54, 1.807) is 49.1 Å². The number of halogens is 1. The number of guanidine groups is 1. The third-order valence-electron chi connectivity index (χ3n) is 5.80. The molecule has 1 amide bonds. The largest absolute Gasteiger partial charge is 0.355 e. The van der Waals surface area contributed by atoms with Gasteiger partial charge in [0.15, 0.2) is 5.96 Å². The number of benzene rings is 1. The zero-order valence-electron chi connectivity index (χ0n) is 18.2. The lowest BCUT2D eigenvalue weighted by Gasteiger charge is -2.31. The SMILES string of the molecule is CN=C(NCc1ccc(-n2ccnc2C)c(F)c1)NCC1(C(=O)N(C)C)CCCC1. The number of amides is 1. The van der Waals surface area contributed by atoms with Crippen LogP contribution in [0.25, 0.3) is 5.69 Å². The number of carbonyl (C=O) groups is 1. The van der Waals surface area contributed by atoms with Crippen LogP contribution in [0.3, 0.4) is 0 Å². The molecule has 2 N–H and O–H groups in total. The van der Waals surface area contributed by atoms with Gasteiger partial charge in [-0.3, -0.25) is 9.79 Å². The van der Waals surface area contributed by atoms with Crippen LogP contribution in [-0.2, 0) is 11.3 Å². The maximum atomic E-state index is 14.6. The first-order valence-corrected chi connectivity index (χ1v) is 10.3. The van der Waals surface area contributed by atoms with Crippen LogP contribution in [0.15, 0.2) is 35.6 Å². The number of rotatable bonds is 6. The number of imidazole rings is 1. The van der Waals surface area contributed by atoms with E-state index in [9.17, 15) is 9.18 Å². The fourth-order valence-corrected chi connectivity index (χ4v) is 4.14. The lowest BCUT2D eigenvalue weighted by molar-refractivity contribution is -0.138. The molecule has 1 heterocycles. The minimum atomic E-state index is -0.377. The second kappa shape index (κ2) is 9.28. The molecule has 162 valence electrons. The van der Waals surface area contributed by atoms with Crippen molar-refractivity contribution in [3.63, 3.8) is 0 Å². The molecule has 30 heavy (non-hydrogen) atoms. The molecule has 2 aromatic rings. The Bertz CT molecular complexity index is 914. The summed E-state index contributed by atoms with van der Waals surface area (Å²) in [6.45, 7) is 2.80. The monoisotopic (exact) mass is 414 g/mol. The molecule has 7 nitrogen and oxygen atoms in total. The Labute approximate surface area is 177 Å². The van der Waals surface area contributed by atoms with Gasteiger partial charge in [0, 0.05) is 46.6 Å². The van der Waals surface area contributed by atoms with Crippen molar-refractivity contribution in [3.05, 3.63) is 47.8 Å². The highest BCUT2D eigenvalue weighted by Gasteiger charge is 2.42. The predicted molar refractivity (Wildman–Crippen MR) is 116 cm³/mol. The minimum Gasteiger partial charge on any atom is -0.355 e. The van der Waals surface area contributed by atoms with Crippen molar-refractivity contribution in [2.75, 3.05) is 27.7 Å². The van der Waals surface area contributed by atoms with Gasteiger partial charge in [-0.1, -0.05) is 18.9 Å². The molecular weight excluding hydrogens is 383 g/mol. The van der Waals surface area contributed by atoms with E-state index >= 15 is 0 Å². The summed E-state index contributed by atoms with van der Waals surface area (Å²) in [5.41, 5.74) is 0.899. The van der Waals surface area contributed by atoms with Crippen molar-refractivity contribution in [2.45, 2.75) is 39.2 Å². The molecule has 3 rings (SSSR count). The normalized spacial score (nSPS) is 15.8. The average molecular weight is 415 g/mol. The number of hydrogen-bond donors (Lipinski definition) is 2. The lowest BCUT2D eigenvalue weighted by atomic mass is 9.84. The van der Waals surface area contributed by atoms with E-state index in [0.717, 1.165) is 37.1 Å². The van der Waals surface area contributed by atoms with Crippen molar-refractivity contribution < 1.29 is 9.18 Å². The van der Waals surface area contributed by atoms with E-state index in [-0.39, 0.29) is 17.1 Å². The van der Waals surface area contributed by atoms with Crippen LogP contribution in [-0.4, -0.2) is 54.0 Å². The topological polar surface area (TPSA) is 74.5 Å². The number of aliphatic imine (C=N–C) groups is 1. The summed E-state index contributed by atoms with van der Waals surface area (Å²) < 4.78 is 16.3. The first kappa shape index (κ1) is 21.8. The van der Waals surface area contributed by atoms with Crippen molar-refractivity contribution in [3.8, 4) is 5.69 Å². The Morgan fingerprint density at radius 2 is 2.03 bits per heavy atom. The summed E-state index contributed by atoms with van der Waals surface area (Å²) in [6, 6.07) is 5.15. The van der Waals surface area contributed by atoms with Crippen molar-refractivity contribution >= 4 is 11.9 Å². The Kier molecular flexibility index (Phi) is 6.74. The number of hydrogen-bond acceptors (Lipinski definition) is 3. The molecule has 0 atom stereocenters. The molecule has 0 unspecified atom stereocenters. The second-order valence-corrected chi connectivity index (χ2v) is 8.10. The van der Waals surface area contributed by atoms with Crippen LogP contribution in [0.2, 0.25) is 0 Å². The Morgan fingerprint density at radius 1 is 1.30 bits per heavy atom. The summed E-state index contributed by atoms with van der Waals surface area (Å²) in [5.74, 6) is 1.19. The van der Waals surface area contributed by atoms with Crippen LogP contribution in [0.1, 0.15) is 37.1 Å². The third-order valence-corrected chi connectivity index (χ3v) is 5.80. The smallest absolute Gasteiger partial charge is 0.230 e. The van der Waals surface area contributed by atoms with Gasteiger partial charge in [0.05, 0.1) is 11.1 Å². The fourth-order valence-electron chi connectivity index (χ4n) is 4.14. The van der Waals surface area contributed by atoms with Gasteiger partial charge in [-0.15, -0.1) is 0 Å². The van der Waals surface area contributed by atoms with Crippen LogP contribution in [0.4, 0.5) is 4.39 Å². The van der Waals surface area contributed by atoms with E-state index in [2.05, 4.69) is 20.6 Å². The van der Waals surface area contributed by atoms with E-state index in [4.69, 9.17) is 0 Å². The van der Waals surface area contributed by atoms with Crippen LogP contribution in [0.5, 0.6) is 0 Å². The zero-order chi connectivity index (χ0) is 21.7. The molecule has 0 aliphatic heterocycles. The quantitative estimate of drug-likeness (QED) is 0.563. The van der Waals surface area contributed by atoms with Gasteiger partial charge in [-0.25, -0.2) is 9.37 Å². The van der Waals surface area contributed by atoms with Crippen LogP contribution >= 0.6 is 0 Å². The average Bonchev–Trinajstić information content (AvgIpc) is 3.37. The molecule has 8 heteroatoms. The molecule has 1 saturated carbocycles. The highest BCUT2D eigenvalue weighted by Crippen LogP contribution is 2.38. The van der Waals surface area contributed by atoms with Gasteiger partial charge in [0.1, 0.15) is 11.6 Å². The number of aromatic nitrogens is 2. The van der Waals surface area contributed by atoms with Gasteiger partial charge < -0.3 is 20.1 Å². The Hall–Kier alpha value is -2.90. The summed E-state index contributed by atoms with van der Waals surface area (Å²) in [4.78, 5) is 22.8. The molecule has 0 radical (unpaired) electrons. The van der Waals surface area contributed by atoms with Gasteiger partial charge in [0.25, 0.3) is 0 Å². The summed E-state index contributed by atoms with van der Waals surface area (Å²) in [6.07, 6.45) is 7.29. The van der Waals surface area contributed by atoms with Crippen LogP contribution in [0, 0.1) is 18.2 Å². The first-order chi connectivity index (χ1) is 14.4. The first-order valence-electron chi connectivity index (χ1n) is 10.3. The molecular formula is C22H31FN6O.